The number of amides is 1. The first kappa shape index (κ1) is 28.1. The van der Waals surface area contributed by atoms with E-state index in [2.05, 4.69) is 31.0 Å². The van der Waals surface area contributed by atoms with Crippen LogP contribution in [0.3, 0.4) is 0 Å². The van der Waals surface area contributed by atoms with Gasteiger partial charge in [-0.15, -0.1) is 11.3 Å². The van der Waals surface area contributed by atoms with Gasteiger partial charge in [-0.2, -0.15) is 0 Å². The summed E-state index contributed by atoms with van der Waals surface area (Å²) in [5, 5.41) is 15.3. The number of hydrogen-bond donors (Lipinski definition) is 1. The second-order valence-electron chi connectivity index (χ2n) is 11.9. The summed E-state index contributed by atoms with van der Waals surface area (Å²) in [5.74, 6) is 1.05. The zero-order chi connectivity index (χ0) is 28.3. The van der Waals surface area contributed by atoms with Crippen molar-refractivity contribution in [1.29, 1.82) is 0 Å². The third-order valence-corrected chi connectivity index (χ3v) is 9.35. The van der Waals surface area contributed by atoms with Crippen LogP contribution in [0.25, 0.3) is 0 Å². The van der Waals surface area contributed by atoms with Gasteiger partial charge in [0.2, 0.25) is 0 Å². The normalized spacial score (nSPS) is 18.0. The molecule has 1 saturated heterocycles. The fourth-order valence-corrected chi connectivity index (χ4v) is 7.06. The molecule has 1 amide bonds. The van der Waals surface area contributed by atoms with Gasteiger partial charge in [-0.05, 0) is 67.2 Å². The Labute approximate surface area is 239 Å². The highest BCUT2D eigenvalue weighted by molar-refractivity contribution is 7.16. The van der Waals surface area contributed by atoms with E-state index in [1.54, 1.807) is 42.0 Å². The molecule has 1 fully saturated rings. The largest absolute Gasteiger partial charge is 0.467 e. The molecule has 9 heteroatoms. The van der Waals surface area contributed by atoms with Crippen molar-refractivity contribution in [2.24, 2.45) is 16.3 Å². The minimum Gasteiger partial charge on any atom is -0.467 e. The number of nitro groups is 1. The van der Waals surface area contributed by atoms with Gasteiger partial charge in [0.1, 0.15) is 10.8 Å². The third-order valence-electron chi connectivity index (χ3n) is 8.19. The van der Waals surface area contributed by atoms with Crippen molar-refractivity contribution < 1.29 is 14.1 Å². The van der Waals surface area contributed by atoms with E-state index >= 15 is 0 Å². The summed E-state index contributed by atoms with van der Waals surface area (Å²) in [6.45, 7) is 8.96. The molecule has 40 heavy (non-hydrogen) atoms. The number of carbonyl (C=O) groups excluding carboxylic acids is 1. The van der Waals surface area contributed by atoms with E-state index in [0.29, 0.717) is 34.4 Å². The maximum Gasteiger partial charge on any atom is 0.270 e. The average Bonchev–Trinajstić information content (AvgIpc) is 3.49. The van der Waals surface area contributed by atoms with E-state index in [0.717, 1.165) is 56.4 Å². The number of carbonyl (C=O) groups is 1. The third kappa shape index (κ3) is 6.30. The molecule has 1 aliphatic carbocycles. The standard InChI is InChI=1S/C31H38N4O4S/c1-31(2,3)22-10-12-25-27(18-22)40-30(28(25)29(36)32-20-24-9-8-16-39-24)33-19-21-17-23(35(37)38)11-13-26(21)34-14-6-4-5-7-15-34/h8-9,11,13,16-17,19,22H,4-7,10,12,14-15,18,20H2,1-3H3,(H,32,36)/t22-/m1/s1. The number of fused-ring (bicyclic) bond motifs is 1. The first-order chi connectivity index (χ1) is 19.2. The first-order valence-corrected chi connectivity index (χ1v) is 15.0. The van der Waals surface area contributed by atoms with Gasteiger partial charge in [0.25, 0.3) is 11.6 Å². The van der Waals surface area contributed by atoms with Crippen LogP contribution in [-0.4, -0.2) is 30.1 Å². The zero-order valence-electron chi connectivity index (χ0n) is 23.6. The maximum atomic E-state index is 13.6. The van der Waals surface area contributed by atoms with Crippen LogP contribution in [-0.2, 0) is 19.4 Å². The van der Waals surface area contributed by atoms with Gasteiger partial charge in [0, 0.05) is 47.6 Å². The quantitative estimate of drug-likeness (QED) is 0.183. The summed E-state index contributed by atoms with van der Waals surface area (Å²) in [4.78, 5) is 33.2. The number of nitrogens with one attached hydrogen (secondary N) is 1. The Balaban J connectivity index is 1.51. The van der Waals surface area contributed by atoms with Gasteiger partial charge in [-0.1, -0.05) is 33.6 Å². The lowest BCUT2D eigenvalue weighted by Gasteiger charge is -2.33. The van der Waals surface area contributed by atoms with E-state index in [9.17, 15) is 14.9 Å². The lowest BCUT2D eigenvalue weighted by Crippen LogP contribution is -2.28. The minimum absolute atomic E-state index is 0.0370. The van der Waals surface area contributed by atoms with Crippen molar-refractivity contribution in [1.82, 2.24) is 5.32 Å². The number of nitro benzene ring substituents is 1. The number of rotatable bonds is 7. The van der Waals surface area contributed by atoms with Crippen molar-refractivity contribution in [3.63, 3.8) is 0 Å². The average molecular weight is 563 g/mol. The number of nitrogens with zero attached hydrogens (tertiary/aromatic N) is 3. The fraction of sp³-hybridized carbons (Fsp3) is 0.484. The van der Waals surface area contributed by atoms with E-state index in [1.165, 1.54) is 17.7 Å². The molecule has 2 aromatic heterocycles. The second-order valence-corrected chi connectivity index (χ2v) is 13.0. The van der Waals surface area contributed by atoms with E-state index in [4.69, 9.17) is 9.41 Å². The van der Waals surface area contributed by atoms with Gasteiger partial charge in [-0.25, -0.2) is 4.99 Å². The maximum absolute atomic E-state index is 13.6. The van der Waals surface area contributed by atoms with Gasteiger partial charge >= 0.3 is 0 Å². The Hall–Kier alpha value is -3.46. The molecule has 0 radical (unpaired) electrons. The predicted octanol–water partition coefficient (Wildman–Crippen LogP) is 7.46. The molecule has 2 aliphatic rings. The van der Waals surface area contributed by atoms with Crippen LogP contribution in [0.1, 0.15) is 85.0 Å². The summed E-state index contributed by atoms with van der Waals surface area (Å²) >= 11 is 1.58. The molecule has 0 bridgehead atoms. The van der Waals surface area contributed by atoms with Crippen LogP contribution in [0.4, 0.5) is 16.4 Å². The highest BCUT2D eigenvalue weighted by atomic mass is 32.1. The summed E-state index contributed by atoms with van der Waals surface area (Å²) in [6.07, 6.45) is 10.7. The number of aliphatic imine (C=N–C) groups is 1. The summed E-state index contributed by atoms with van der Waals surface area (Å²) in [5.41, 5.74) is 3.58. The van der Waals surface area contributed by atoms with Crippen LogP contribution in [0, 0.1) is 21.4 Å². The first-order valence-electron chi connectivity index (χ1n) is 14.2. The molecule has 0 spiro atoms. The lowest BCUT2D eigenvalue weighted by molar-refractivity contribution is -0.384. The molecule has 1 atom stereocenters. The molecule has 8 nitrogen and oxygen atoms in total. The number of furan rings is 1. The molecule has 1 aromatic carbocycles. The van der Waals surface area contributed by atoms with E-state index in [-0.39, 0.29) is 21.9 Å². The number of benzene rings is 1. The van der Waals surface area contributed by atoms with Crippen LogP contribution in [0.2, 0.25) is 0 Å². The number of anilines is 1. The fourth-order valence-electron chi connectivity index (χ4n) is 5.79. The smallest absolute Gasteiger partial charge is 0.270 e. The molecular formula is C31H38N4O4S. The number of thiophene rings is 1. The summed E-state index contributed by atoms with van der Waals surface area (Å²) in [6, 6.07) is 8.65. The van der Waals surface area contributed by atoms with E-state index < -0.39 is 0 Å². The Bertz CT molecular complexity index is 1380. The van der Waals surface area contributed by atoms with Crippen LogP contribution in [0.15, 0.2) is 46.0 Å². The number of non-ortho nitro benzene ring substituents is 1. The van der Waals surface area contributed by atoms with Crippen LogP contribution in [0.5, 0.6) is 0 Å². The van der Waals surface area contributed by atoms with Crippen LogP contribution < -0.4 is 10.2 Å². The second kappa shape index (κ2) is 12.0. The predicted molar refractivity (Wildman–Crippen MR) is 160 cm³/mol. The zero-order valence-corrected chi connectivity index (χ0v) is 24.4. The molecule has 1 N–H and O–H groups in total. The molecule has 3 aromatic rings. The molecule has 0 saturated carbocycles. The Morgan fingerprint density at radius 2 is 2.00 bits per heavy atom. The van der Waals surface area contributed by atoms with Gasteiger partial charge in [0.05, 0.1) is 23.3 Å². The van der Waals surface area contributed by atoms with Crippen molar-refractivity contribution in [2.75, 3.05) is 18.0 Å². The summed E-state index contributed by atoms with van der Waals surface area (Å²) in [7, 11) is 0. The molecule has 212 valence electrons. The highest BCUT2D eigenvalue weighted by Crippen LogP contribution is 2.45. The van der Waals surface area contributed by atoms with Gasteiger partial charge in [-0.3, -0.25) is 14.9 Å². The van der Waals surface area contributed by atoms with E-state index in [1.807, 2.05) is 12.1 Å². The van der Waals surface area contributed by atoms with Gasteiger partial charge < -0.3 is 14.6 Å². The molecular weight excluding hydrogens is 524 g/mol. The van der Waals surface area contributed by atoms with Crippen molar-refractivity contribution in [2.45, 2.75) is 72.3 Å². The molecule has 3 heterocycles. The Morgan fingerprint density at radius 1 is 1.23 bits per heavy atom. The monoisotopic (exact) mass is 562 g/mol. The van der Waals surface area contributed by atoms with Gasteiger partial charge in [0.15, 0.2) is 0 Å². The van der Waals surface area contributed by atoms with Crippen molar-refractivity contribution >= 4 is 39.8 Å². The Kier molecular flexibility index (Phi) is 8.40. The summed E-state index contributed by atoms with van der Waals surface area (Å²) < 4.78 is 5.41. The highest BCUT2D eigenvalue weighted by Gasteiger charge is 2.33. The number of hydrogen-bond acceptors (Lipinski definition) is 7. The minimum atomic E-state index is -0.368. The molecule has 0 unspecified atom stereocenters. The van der Waals surface area contributed by atoms with Crippen molar-refractivity contribution in [3.05, 3.63) is 74.0 Å². The van der Waals surface area contributed by atoms with Crippen molar-refractivity contribution in [3.8, 4) is 0 Å². The lowest BCUT2D eigenvalue weighted by atomic mass is 9.72. The molecule has 1 aliphatic heterocycles. The SMILES string of the molecule is CC(C)(C)[C@@H]1CCc2c(sc(N=Cc3cc([N+](=O)[O-])ccc3N3CCCCCC3)c2C(=O)NCc2ccco2)C1. The topological polar surface area (TPSA) is 101 Å². The molecule has 5 rings (SSSR count). The Morgan fingerprint density at radius 3 is 2.67 bits per heavy atom. The van der Waals surface area contributed by atoms with Crippen LogP contribution >= 0.6 is 11.3 Å².